The van der Waals surface area contributed by atoms with E-state index in [1.54, 1.807) is 12.3 Å². The number of rotatable bonds is 1. The van der Waals surface area contributed by atoms with Gasteiger partial charge in [0.05, 0.1) is 5.69 Å². The van der Waals surface area contributed by atoms with Gasteiger partial charge in [0, 0.05) is 55.0 Å². The molecule has 1 aliphatic heterocycles. The van der Waals surface area contributed by atoms with E-state index in [2.05, 4.69) is 31.0 Å². The number of pyridine rings is 1. The van der Waals surface area contributed by atoms with E-state index in [9.17, 15) is 4.39 Å². The van der Waals surface area contributed by atoms with Gasteiger partial charge in [0.25, 0.3) is 0 Å². The van der Waals surface area contributed by atoms with Gasteiger partial charge in [-0.25, -0.2) is 7.50 Å². The highest BCUT2D eigenvalue weighted by Crippen LogP contribution is 2.36. The van der Waals surface area contributed by atoms with Gasteiger partial charge in [-0.1, -0.05) is 6.07 Å². The van der Waals surface area contributed by atoms with Gasteiger partial charge in [-0.05, 0) is 12.1 Å². The molecular weight excluding hydrogens is 294 g/mol. The lowest BCUT2D eigenvalue weighted by atomic mass is 9.90. The van der Waals surface area contributed by atoms with E-state index in [1.165, 1.54) is 0 Å². The topological polar surface area (TPSA) is 16.1 Å². The lowest BCUT2D eigenvalue weighted by Crippen LogP contribution is -2.35. The minimum Gasteiger partial charge on any atom is -0.258 e. The molecule has 0 spiro atoms. The first-order valence-electron chi connectivity index (χ1n) is 4.72. The molecule has 2 rings (SSSR count). The summed E-state index contributed by atoms with van der Waals surface area (Å²) in [4.78, 5) is 4.10. The van der Waals surface area contributed by atoms with Crippen LogP contribution >= 0.6 is 22.9 Å². The zero-order valence-corrected chi connectivity index (χ0v) is 9.95. The van der Waals surface area contributed by atoms with Crippen molar-refractivity contribution in [1.82, 2.24) is 8.10 Å². The zero-order valence-electron chi connectivity index (χ0n) is 7.79. The molecule has 0 bridgehead atoms. The molecule has 1 fully saturated rings. The summed E-state index contributed by atoms with van der Waals surface area (Å²) in [6.45, 7) is 1.60. The van der Waals surface area contributed by atoms with Crippen molar-refractivity contribution in [2.45, 2.75) is 18.5 Å². The number of hydrogen-bond acceptors (Lipinski definition) is 2. The Morgan fingerprint density at radius 2 is 2.07 bits per heavy atom. The van der Waals surface area contributed by atoms with Crippen LogP contribution in [0.25, 0.3) is 0 Å². The maximum Gasteiger partial charge on any atom is 0.155 e. The Morgan fingerprint density at radius 1 is 1.36 bits per heavy atom. The summed E-state index contributed by atoms with van der Waals surface area (Å²) in [6.07, 6.45) is 2.76. The van der Waals surface area contributed by atoms with Crippen molar-refractivity contribution >= 4 is 22.9 Å². The molecule has 0 unspecified atom stereocenters. The molecule has 0 N–H and O–H groups in total. The fourth-order valence-corrected chi connectivity index (χ4v) is 2.20. The quantitative estimate of drug-likeness (QED) is 0.586. The molecular formula is C10H12FIN2. The molecule has 0 aliphatic carbocycles. The van der Waals surface area contributed by atoms with Crippen LogP contribution in [-0.2, 0) is 5.67 Å². The molecule has 0 atom stereocenters. The molecule has 1 aliphatic rings. The number of nitrogens with zero attached hydrogens (tertiary/aromatic N) is 2. The molecule has 14 heavy (non-hydrogen) atoms. The summed E-state index contributed by atoms with van der Waals surface area (Å²) in [5.41, 5.74) is -0.618. The van der Waals surface area contributed by atoms with E-state index in [1.807, 2.05) is 12.1 Å². The maximum absolute atomic E-state index is 14.4. The van der Waals surface area contributed by atoms with E-state index in [4.69, 9.17) is 0 Å². The van der Waals surface area contributed by atoms with Crippen LogP contribution in [0, 0.1) is 0 Å². The van der Waals surface area contributed by atoms with Crippen LogP contribution in [-0.4, -0.2) is 21.2 Å². The molecule has 2 nitrogen and oxygen atoms in total. The number of alkyl halides is 1. The molecule has 1 aromatic rings. The van der Waals surface area contributed by atoms with Gasteiger partial charge in [-0.15, -0.1) is 0 Å². The second-order valence-corrected chi connectivity index (χ2v) is 4.95. The van der Waals surface area contributed by atoms with Crippen LogP contribution in [0.2, 0.25) is 0 Å². The third-order valence-electron chi connectivity index (χ3n) is 2.63. The zero-order chi connectivity index (χ0) is 10.0. The highest BCUT2D eigenvalue weighted by Gasteiger charge is 2.36. The van der Waals surface area contributed by atoms with Crippen molar-refractivity contribution in [1.29, 1.82) is 0 Å². The standard InChI is InChI=1S/C10H12FIN2/c11-10(4-7-14(12)8-5-10)9-3-1-2-6-13-9/h1-3,6H,4-5,7-8H2. The first-order valence-corrected chi connectivity index (χ1v) is 5.68. The molecule has 2 heterocycles. The van der Waals surface area contributed by atoms with Gasteiger partial charge in [0.1, 0.15) is 0 Å². The van der Waals surface area contributed by atoms with E-state index in [0.717, 1.165) is 13.1 Å². The van der Waals surface area contributed by atoms with E-state index in [-0.39, 0.29) is 0 Å². The Bertz CT molecular complexity index is 296. The van der Waals surface area contributed by atoms with Crippen LogP contribution in [0.3, 0.4) is 0 Å². The van der Waals surface area contributed by atoms with Gasteiger partial charge in [0.15, 0.2) is 5.67 Å². The lowest BCUT2D eigenvalue weighted by molar-refractivity contribution is 0.0907. The molecule has 0 amide bonds. The molecule has 1 saturated heterocycles. The minimum atomic E-state index is -1.21. The van der Waals surface area contributed by atoms with Crippen LogP contribution in [0.15, 0.2) is 24.4 Å². The lowest BCUT2D eigenvalue weighted by Gasteiger charge is -2.32. The summed E-state index contributed by atoms with van der Waals surface area (Å²) in [5, 5.41) is 0. The normalized spacial score (nSPS) is 22.1. The average Bonchev–Trinajstić information content (AvgIpc) is 2.24. The molecule has 4 heteroatoms. The fourth-order valence-electron chi connectivity index (χ4n) is 1.72. The molecule has 76 valence electrons. The average molecular weight is 306 g/mol. The highest BCUT2D eigenvalue weighted by atomic mass is 127. The van der Waals surface area contributed by atoms with E-state index >= 15 is 0 Å². The summed E-state index contributed by atoms with van der Waals surface area (Å²) in [5.74, 6) is 0. The monoisotopic (exact) mass is 306 g/mol. The van der Waals surface area contributed by atoms with Crippen molar-refractivity contribution < 1.29 is 4.39 Å². The third-order valence-corrected chi connectivity index (χ3v) is 3.59. The molecule has 0 saturated carbocycles. The molecule has 1 aromatic heterocycles. The summed E-state index contributed by atoms with van der Waals surface area (Å²) in [7, 11) is 0. The van der Waals surface area contributed by atoms with Crippen LogP contribution < -0.4 is 0 Å². The van der Waals surface area contributed by atoms with Crippen molar-refractivity contribution in [3.8, 4) is 0 Å². The molecule has 0 radical (unpaired) electrons. The van der Waals surface area contributed by atoms with Crippen LogP contribution in [0.1, 0.15) is 18.5 Å². The smallest absolute Gasteiger partial charge is 0.155 e. The number of hydrogen-bond donors (Lipinski definition) is 0. The third kappa shape index (κ3) is 2.06. The summed E-state index contributed by atoms with van der Waals surface area (Å²) >= 11 is 2.24. The Balaban J connectivity index is 2.17. The van der Waals surface area contributed by atoms with Gasteiger partial charge >= 0.3 is 0 Å². The Kier molecular flexibility index (Phi) is 3.02. The number of piperidine rings is 1. The predicted octanol–water partition coefficient (Wildman–Crippen LogP) is 2.69. The maximum atomic E-state index is 14.4. The SMILES string of the molecule is FC1(c2ccccn2)CCN(I)CC1. The van der Waals surface area contributed by atoms with Gasteiger partial charge in [-0.3, -0.25) is 4.98 Å². The van der Waals surface area contributed by atoms with Gasteiger partial charge in [-0.2, -0.15) is 0 Å². The number of aromatic nitrogens is 1. The van der Waals surface area contributed by atoms with Crippen molar-refractivity contribution in [2.24, 2.45) is 0 Å². The second-order valence-electron chi connectivity index (χ2n) is 3.59. The summed E-state index contributed by atoms with van der Waals surface area (Å²) in [6, 6.07) is 5.45. The Morgan fingerprint density at radius 3 is 2.64 bits per heavy atom. The van der Waals surface area contributed by atoms with E-state index < -0.39 is 5.67 Å². The Hall–Kier alpha value is -0.230. The van der Waals surface area contributed by atoms with Gasteiger partial charge < -0.3 is 0 Å². The van der Waals surface area contributed by atoms with Crippen LogP contribution in [0.5, 0.6) is 0 Å². The van der Waals surface area contributed by atoms with E-state index in [0.29, 0.717) is 18.5 Å². The van der Waals surface area contributed by atoms with Crippen molar-refractivity contribution in [3.05, 3.63) is 30.1 Å². The summed E-state index contributed by atoms with van der Waals surface area (Å²) < 4.78 is 16.5. The largest absolute Gasteiger partial charge is 0.258 e. The minimum absolute atomic E-state index is 0.549. The van der Waals surface area contributed by atoms with Crippen molar-refractivity contribution in [2.75, 3.05) is 13.1 Å². The number of halogens is 2. The second kappa shape index (κ2) is 4.10. The predicted molar refractivity (Wildman–Crippen MR) is 61.9 cm³/mol. The highest BCUT2D eigenvalue weighted by molar-refractivity contribution is 14.1. The Labute approximate surface area is 97.0 Å². The first-order chi connectivity index (χ1) is 6.71. The van der Waals surface area contributed by atoms with Crippen LogP contribution in [0.4, 0.5) is 4.39 Å². The van der Waals surface area contributed by atoms with Gasteiger partial charge in [0.2, 0.25) is 0 Å². The van der Waals surface area contributed by atoms with Crippen molar-refractivity contribution in [3.63, 3.8) is 0 Å². The fraction of sp³-hybridized carbons (Fsp3) is 0.500. The molecule has 0 aromatic carbocycles. The first kappa shape index (κ1) is 10.3.